The summed E-state index contributed by atoms with van der Waals surface area (Å²) in [6.45, 7) is 3.41. The largest absolute Gasteiger partial charge is 0.480 e. The smallest absolute Gasteiger partial charge is 0.322 e. The first-order chi connectivity index (χ1) is 9.45. The Hall–Kier alpha value is -1.84. The molecule has 0 bridgehead atoms. The van der Waals surface area contributed by atoms with Crippen molar-refractivity contribution in [3.05, 3.63) is 30.9 Å². The monoisotopic (exact) mass is 313 g/mol. The Bertz CT molecular complexity index is 736. The number of carbonyl (C=O) groups is 1. The minimum atomic E-state index is -4.00. The van der Waals surface area contributed by atoms with Crippen LogP contribution in [-0.4, -0.2) is 25.5 Å². The Kier molecular flexibility index (Phi) is 4.12. The molecule has 0 fully saturated rings. The molecule has 0 amide bonds. The van der Waals surface area contributed by atoms with Crippen LogP contribution in [0.1, 0.15) is 6.42 Å². The molecule has 106 valence electrons. The van der Waals surface area contributed by atoms with Gasteiger partial charge in [-0.1, -0.05) is 12.1 Å². The predicted octanol–water partition coefficient (Wildman–Crippen LogP) is 1.72. The van der Waals surface area contributed by atoms with E-state index in [1.807, 2.05) is 0 Å². The summed E-state index contributed by atoms with van der Waals surface area (Å²) < 4.78 is 34.5. The van der Waals surface area contributed by atoms with E-state index in [1.165, 1.54) is 18.2 Å². The maximum atomic E-state index is 12.3. The lowest BCUT2D eigenvalue weighted by Gasteiger charge is -2.14. The summed E-state index contributed by atoms with van der Waals surface area (Å²) >= 11 is 0.894. The third kappa shape index (κ3) is 2.84. The number of fused-ring (bicyclic) bond motifs is 1. The molecule has 0 saturated heterocycles. The van der Waals surface area contributed by atoms with E-state index < -0.39 is 22.0 Å². The van der Waals surface area contributed by atoms with Gasteiger partial charge in [-0.25, -0.2) is 8.42 Å². The van der Waals surface area contributed by atoms with Gasteiger partial charge in [0, 0.05) is 0 Å². The average molecular weight is 313 g/mol. The van der Waals surface area contributed by atoms with E-state index >= 15 is 0 Å². The van der Waals surface area contributed by atoms with Gasteiger partial charge in [0.15, 0.2) is 0 Å². The van der Waals surface area contributed by atoms with E-state index in [0.29, 0.717) is 5.69 Å². The number of carboxylic acid groups (broad SMARTS) is 1. The lowest BCUT2D eigenvalue weighted by Crippen LogP contribution is -2.40. The number of sulfonamides is 1. The highest BCUT2D eigenvalue weighted by atomic mass is 32.2. The van der Waals surface area contributed by atoms with E-state index in [9.17, 15) is 13.2 Å². The van der Waals surface area contributed by atoms with Crippen LogP contribution < -0.4 is 4.72 Å². The molecule has 9 heteroatoms. The summed E-state index contributed by atoms with van der Waals surface area (Å²) in [5.74, 6) is -1.27. The first-order valence-electron chi connectivity index (χ1n) is 5.53. The molecule has 1 unspecified atom stereocenters. The van der Waals surface area contributed by atoms with E-state index in [4.69, 9.17) is 5.11 Å². The van der Waals surface area contributed by atoms with Crippen LogP contribution in [0, 0.1) is 0 Å². The highest BCUT2D eigenvalue weighted by Gasteiger charge is 2.27. The van der Waals surface area contributed by atoms with Crippen molar-refractivity contribution in [2.75, 3.05) is 0 Å². The molecule has 7 nitrogen and oxygen atoms in total. The van der Waals surface area contributed by atoms with Crippen LogP contribution in [0.4, 0.5) is 11.4 Å². The molecule has 0 spiro atoms. The number of nitrogens with one attached hydrogen (secondary N) is 1. The molecule has 0 saturated carbocycles. The zero-order valence-corrected chi connectivity index (χ0v) is 11.8. The molecule has 0 aliphatic carbocycles. The number of hydrogen-bond acceptors (Lipinski definition) is 5. The van der Waals surface area contributed by atoms with Gasteiger partial charge in [-0.15, -0.1) is 6.58 Å². The number of rotatable bonds is 6. The van der Waals surface area contributed by atoms with Gasteiger partial charge in [-0.2, -0.15) is 13.4 Å². The van der Waals surface area contributed by atoms with Crippen molar-refractivity contribution in [1.29, 1.82) is 0 Å². The maximum absolute atomic E-state index is 12.3. The summed E-state index contributed by atoms with van der Waals surface area (Å²) in [7, 11) is -4.00. The van der Waals surface area contributed by atoms with Crippen LogP contribution >= 0.6 is 0 Å². The lowest BCUT2D eigenvalue weighted by atomic mass is 10.2. The molecule has 1 aromatic carbocycles. The van der Waals surface area contributed by atoms with Crippen molar-refractivity contribution in [1.82, 2.24) is 4.72 Å². The van der Waals surface area contributed by atoms with Crippen molar-refractivity contribution in [2.24, 2.45) is 8.73 Å². The molecular formula is C11H11N3O4S2. The van der Waals surface area contributed by atoms with Crippen LogP contribution in [-0.2, 0) is 26.2 Å². The molecule has 2 rings (SSSR count). The molecule has 2 N–H and O–H groups in total. The summed E-state index contributed by atoms with van der Waals surface area (Å²) in [5.41, 5.74) is 0.682. The number of aliphatic carboxylic acids is 1. The zero-order valence-electron chi connectivity index (χ0n) is 10.2. The third-order valence-corrected chi connectivity index (χ3v) is 4.58. The minimum Gasteiger partial charge on any atom is -0.480 e. The first-order valence-corrected chi connectivity index (χ1v) is 7.74. The minimum absolute atomic E-state index is 0.0140. The second kappa shape index (κ2) is 5.65. The highest BCUT2D eigenvalue weighted by molar-refractivity contribution is 7.89. The molecular weight excluding hydrogens is 302 g/mol. The molecule has 1 heterocycles. The molecule has 20 heavy (non-hydrogen) atoms. The first kappa shape index (κ1) is 14.6. The lowest BCUT2D eigenvalue weighted by molar-refractivity contribution is -0.138. The van der Waals surface area contributed by atoms with Gasteiger partial charge >= 0.3 is 5.97 Å². The molecule has 1 aromatic rings. The van der Waals surface area contributed by atoms with Gasteiger partial charge in [0.1, 0.15) is 22.3 Å². The number of carboxylic acids is 1. The Labute approximate surface area is 119 Å². The fraction of sp³-hybridized carbons (Fsp3) is 0.182. The fourth-order valence-electron chi connectivity index (χ4n) is 1.62. The maximum Gasteiger partial charge on any atom is 0.322 e. The summed E-state index contributed by atoms with van der Waals surface area (Å²) in [4.78, 5) is 10.9. The van der Waals surface area contributed by atoms with Gasteiger partial charge in [-0.3, -0.25) is 4.79 Å². The Balaban J connectivity index is 2.37. The standard InChI is InChI=1S/C11H11N3O4S2/c1-2-4-8(11(15)16)14-20(17,18)9-6-3-5-7-10(9)13-19-12-7/h2-3,5-6,8,14H,1,4H2,(H,15,16). The zero-order chi connectivity index (χ0) is 14.8. The van der Waals surface area contributed by atoms with Gasteiger partial charge < -0.3 is 5.11 Å². The molecule has 1 aliphatic heterocycles. The molecule has 1 atom stereocenters. The van der Waals surface area contributed by atoms with Gasteiger partial charge in [-0.05, 0) is 18.6 Å². The van der Waals surface area contributed by atoms with Crippen LogP contribution in [0.5, 0.6) is 0 Å². The second-order valence-electron chi connectivity index (χ2n) is 3.92. The topological polar surface area (TPSA) is 108 Å². The normalized spacial score (nSPS) is 14.4. The number of benzene rings is 1. The van der Waals surface area contributed by atoms with E-state index in [1.54, 1.807) is 6.07 Å². The number of hydrogen-bond donors (Lipinski definition) is 2. The molecule has 1 aliphatic rings. The van der Waals surface area contributed by atoms with Crippen molar-refractivity contribution >= 4 is 38.7 Å². The van der Waals surface area contributed by atoms with Gasteiger partial charge in [0.25, 0.3) is 0 Å². The van der Waals surface area contributed by atoms with Crippen molar-refractivity contribution in [3.8, 4) is 0 Å². The predicted molar refractivity (Wildman–Crippen MR) is 74.5 cm³/mol. The van der Waals surface area contributed by atoms with Gasteiger partial charge in [0.2, 0.25) is 10.0 Å². The van der Waals surface area contributed by atoms with Crippen LogP contribution in [0.2, 0.25) is 0 Å². The van der Waals surface area contributed by atoms with E-state index in [-0.39, 0.29) is 17.0 Å². The van der Waals surface area contributed by atoms with Crippen molar-refractivity contribution in [2.45, 2.75) is 17.4 Å². The Morgan fingerprint density at radius 1 is 1.50 bits per heavy atom. The van der Waals surface area contributed by atoms with Gasteiger partial charge in [0.05, 0.1) is 11.4 Å². The average Bonchev–Trinajstić information content (AvgIpc) is 2.85. The SMILES string of the molecule is C=CCC(NS(=O)(=O)c1cccc2c1N=S=N2)C(=O)O. The third-order valence-electron chi connectivity index (χ3n) is 2.54. The molecule has 0 radical (unpaired) electrons. The van der Waals surface area contributed by atoms with Crippen LogP contribution in [0.15, 0.2) is 44.5 Å². The fourth-order valence-corrected chi connectivity index (χ4v) is 3.58. The van der Waals surface area contributed by atoms with Crippen molar-refractivity contribution in [3.63, 3.8) is 0 Å². The Morgan fingerprint density at radius 2 is 2.25 bits per heavy atom. The molecule has 0 aromatic heterocycles. The second-order valence-corrected chi connectivity index (χ2v) is 6.14. The van der Waals surface area contributed by atoms with Crippen LogP contribution in [0.25, 0.3) is 0 Å². The van der Waals surface area contributed by atoms with Crippen molar-refractivity contribution < 1.29 is 18.3 Å². The van der Waals surface area contributed by atoms with E-state index in [0.717, 1.165) is 11.4 Å². The Morgan fingerprint density at radius 3 is 2.90 bits per heavy atom. The summed E-state index contributed by atoms with van der Waals surface area (Å²) in [6.07, 6.45) is 1.33. The summed E-state index contributed by atoms with van der Waals surface area (Å²) in [5, 5.41) is 8.99. The highest BCUT2D eigenvalue weighted by Crippen LogP contribution is 2.37. The number of nitrogens with zero attached hydrogens (tertiary/aromatic N) is 2. The quantitative estimate of drug-likeness (QED) is 0.791. The van der Waals surface area contributed by atoms with Crippen LogP contribution in [0.3, 0.4) is 0 Å². The summed E-state index contributed by atoms with van der Waals surface area (Å²) in [6, 6.07) is 3.26. The van der Waals surface area contributed by atoms with E-state index in [2.05, 4.69) is 20.0 Å².